The molecule has 1 unspecified atom stereocenters. The first-order chi connectivity index (χ1) is 8.70. The van der Waals surface area contributed by atoms with Crippen LogP contribution < -0.4 is 5.32 Å². The van der Waals surface area contributed by atoms with Gasteiger partial charge < -0.3 is 5.32 Å². The fraction of sp³-hybridized carbons (Fsp3) is 0.714. The van der Waals surface area contributed by atoms with E-state index in [1.165, 1.54) is 37.2 Å². The molecule has 1 aliphatic rings. The van der Waals surface area contributed by atoms with E-state index in [2.05, 4.69) is 30.1 Å². The van der Waals surface area contributed by atoms with Gasteiger partial charge in [-0.25, -0.2) is 0 Å². The monoisotopic (exact) mass is 286 g/mol. The van der Waals surface area contributed by atoms with Crippen molar-refractivity contribution in [3.63, 3.8) is 0 Å². The molecule has 1 fully saturated rings. The largest absolute Gasteiger partial charge is 0.314 e. The molecule has 2 heterocycles. The highest BCUT2D eigenvalue weighted by molar-refractivity contribution is 7.16. The Balaban J connectivity index is 1.82. The standard InChI is InChI=1S/C14H23ClN2S/c1-3-8-16-12-6-9-17(10-7-12)11(2)13-4-5-14(15)18-13/h4-5,11-12,16H,3,6-10H2,1-2H3. The average molecular weight is 287 g/mol. The first kappa shape index (κ1) is 14.3. The van der Waals surface area contributed by atoms with Crippen LogP contribution in [-0.4, -0.2) is 30.6 Å². The fourth-order valence-corrected chi connectivity index (χ4v) is 3.72. The molecular formula is C14H23ClN2S. The van der Waals surface area contributed by atoms with Gasteiger partial charge in [-0.1, -0.05) is 18.5 Å². The van der Waals surface area contributed by atoms with Gasteiger partial charge in [0.2, 0.25) is 0 Å². The lowest BCUT2D eigenvalue weighted by atomic mass is 10.0. The summed E-state index contributed by atoms with van der Waals surface area (Å²) in [5.41, 5.74) is 0. The third-order valence-electron chi connectivity index (χ3n) is 3.77. The number of thiophene rings is 1. The molecule has 1 aliphatic heterocycles. The number of piperidine rings is 1. The maximum absolute atomic E-state index is 6.01. The molecule has 1 atom stereocenters. The van der Waals surface area contributed by atoms with Crippen molar-refractivity contribution in [2.45, 2.75) is 45.2 Å². The topological polar surface area (TPSA) is 15.3 Å². The summed E-state index contributed by atoms with van der Waals surface area (Å²) in [6.07, 6.45) is 3.76. The summed E-state index contributed by atoms with van der Waals surface area (Å²) in [6.45, 7) is 8.06. The molecule has 0 radical (unpaired) electrons. The Labute approximate surface area is 119 Å². The minimum atomic E-state index is 0.509. The average Bonchev–Trinajstić information content (AvgIpc) is 2.83. The highest BCUT2D eigenvalue weighted by Gasteiger charge is 2.23. The van der Waals surface area contributed by atoms with Crippen LogP contribution in [-0.2, 0) is 0 Å². The van der Waals surface area contributed by atoms with Gasteiger partial charge in [-0.05, 0) is 44.9 Å². The Kier molecular flexibility index (Phi) is 5.49. The van der Waals surface area contributed by atoms with Crippen LogP contribution in [0.25, 0.3) is 0 Å². The first-order valence-electron chi connectivity index (χ1n) is 6.93. The Morgan fingerprint density at radius 2 is 2.17 bits per heavy atom. The van der Waals surface area contributed by atoms with E-state index in [-0.39, 0.29) is 0 Å². The van der Waals surface area contributed by atoms with Gasteiger partial charge in [0.15, 0.2) is 0 Å². The summed E-state index contributed by atoms with van der Waals surface area (Å²) in [6, 6.07) is 5.40. The van der Waals surface area contributed by atoms with Crippen LogP contribution in [0.15, 0.2) is 12.1 Å². The van der Waals surface area contributed by atoms with Crippen molar-refractivity contribution >= 4 is 22.9 Å². The highest BCUT2D eigenvalue weighted by atomic mass is 35.5. The number of hydrogen-bond donors (Lipinski definition) is 1. The lowest BCUT2D eigenvalue weighted by Crippen LogP contribution is -2.43. The van der Waals surface area contributed by atoms with E-state index in [0.717, 1.165) is 16.9 Å². The lowest BCUT2D eigenvalue weighted by Gasteiger charge is -2.36. The normalized spacial score (nSPS) is 20.2. The van der Waals surface area contributed by atoms with E-state index in [4.69, 9.17) is 11.6 Å². The van der Waals surface area contributed by atoms with Crippen LogP contribution >= 0.6 is 22.9 Å². The molecule has 0 saturated carbocycles. The van der Waals surface area contributed by atoms with Crippen molar-refractivity contribution in [1.82, 2.24) is 10.2 Å². The summed E-state index contributed by atoms with van der Waals surface area (Å²) in [7, 11) is 0. The van der Waals surface area contributed by atoms with Crippen molar-refractivity contribution < 1.29 is 0 Å². The molecule has 1 aromatic heterocycles. The summed E-state index contributed by atoms with van der Waals surface area (Å²) < 4.78 is 0.899. The molecule has 2 rings (SSSR count). The summed E-state index contributed by atoms with van der Waals surface area (Å²) in [5, 5.41) is 3.63. The van der Waals surface area contributed by atoms with E-state index >= 15 is 0 Å². The fourth-order valence-electron chi connectivity index (χ4n) is 2.57. The van der Waals surface area contributed by atoms with Gasteiger partial charge >= 0.3 is 0 Å². The lowest BCUT2D eigenvalue weighted by molar-refractivity contribution is 0.154. The predicted molar refractivity (Wildman–Crippen MR) is 80.6 cm³/mol. The molecular weight excluding hydrogens is 264 g/mol. The van der Waals surface area contributed by atoms with E-state index in [1.54, 1.807) is 11.3 Å². The molecule has 4 heteroatoms. The first-order valence-corrected chi connectivity index (χ1v) is 8.12. The van der Waals surface area contributed by atoms with Crippen molar-refractivity contribution in [3.05, 3.63) is 21.3 Å². The summed E-state index contributed by atoms with van der Waals surface area (Å²) in [4.78, 5) is 3.96. The van der Waals surface area contributed by atoms with Gasteiger partial charge in [-0.15, -0.1) is 11.3 Å². The molecule has 0 aromatic carbocycles. The van der Waals surface area contributed by atoms with Crippen LogP contribution in [0.3, 0.4) is 0 Å². The van der Waals surface area contributed by atoms with Crippen molar-refractivity contribution in [1.29, 1.82) is 0 Å². The van der Waals surface area contributed by atoms with Gasteiger partial charge in [-0.2, -0.15) is 0 Å². The van der Waals surface area contributed by atoms with Crippen LogP contribution in [0.4, 0.5) is 0 Å². The number of hydrogen-bond acceptors (Lipinski definition) is 3. The minimum absolute atomic E-state index is 0.509. The molecule has 1 saturated heterocycles. The molecule has 102 valence electrons. The maximum atomic E-state index is 6.01. The van der Waals surface area contributed by atoms with Crippen LogP contribution in [0.5, 0.6) is 0 Å². The number of nitrogens with one attached hydrogen (secondary N) is 1. The third kappa shape index (κ3) is 3.70. The number of halogens is 1. The van der Waals surface area contributed by atoms with Gasteiger partial charge in [-0.3, -0.25) is 4.90 Å². The SMILES string of the molecule is CCCNC1CCN(C(C)c2ccc(Cl)s2)CC1. The zero-order chi connectivity index (χ0) is 13.0. The Hall–Kier alpha value is -0.0900. The van der Waals surface area contributed by atoms with Crippen LogP contribution in [0, 0.1) is 0 Å². The highest BCUT2D eigenvalue weighted by Crippen LogP contribution is 2.31. The summed E-state index contributed by atoms with van der Waals surface area (Å²) in [5.74, 6) is 0. The number of nitrogens with zero attached hydrogens (tertiary/aromatic N) is 1. The smallest absolute Gasteiger partial charge is 0.0931 e. The van der Waals surface area contributed by atoms with Gasteiger partial charge in [0.1, 0.15) is 0 Å². The van der Waals surface area contributed by atoms with E-state index in [9.17, 15) is 0 Å². The Morgan fingerprint density at radius 1 is 1.44 bits per heavy atom. The van der Waals surface area contributed by atoms with Crippen LogP contribution in [0.1, 0.15) is 44.0 Å². The molecule has 1 N–H and O–H groups in total. The van der Waals surface area contributed by atoms with Crippen molar-refractivity contribution in [2.75, 3.05) is 19.6 Å². The minimum Gasteiger partial charge on any atom is -0.314 e. The second kappa shape index (κ2) is 6.90. The Morgan fingerprint density at radius 3 is 2.72 bits per heavy atom. The number of rotatable bonds is 5. The molecule has 1 aromatic rings. The molecule has 0 spiro atoms. The van der Waals surface area contributed by atoms with E-state index in [0.29, 0.717) is 6.04 Å². The predicted octanol–water partition coefficient (Wildman–Crippen LogP) is 3.93. The maximum Gasteiger partial charge on any atom is 0.0931 e. The van der Waals surface area contributed by atoms with Gasteiger partial charge in [0.05, 0.1) is 4.34 Å². The molecule has 18 heavy (non-hydrogen) atoms. The van der Waals surface area contributed by atoms with Crippen LogP contribution in [0.2, 0.25) is 4.34 Å². The zero-order valence-electron chi connectivity index (χ0n) is 11.3. The second-order valence-electron chi connectivity index (χ2n) is 5.08. The second-order valence-corrected chi connectivity index (χ2v) is 6.83. The Bertz CT molecular complexity index is 358. The molecule has 2 nitrogen and oxygen atoms in total. The molecule has 0 aliphatic carbocycles. The zero-order valence-corrected chi connectivity index (χ0v) is 12.9. The van der Waals surface area contributed by atoms with E-state index in [1.807, 2.05) is 6.07 Å². The van der Waals surface area contributed by atoms with Crippen molar-refractivity contribution in [3.8, 4) is 0 Å². The molecule has 0 bridgehead atoms. The molecule has 0 amide bonds. The van der Waals surface area contributed by atoms with E-state index < -0.39 is 0 Å². The van der Waals surface area contributed by atoms with Gasteiger partial charge in [0.25, 0.3) is 0 Å². The summed E-state index contributed by atoms with van der Waals surface area (Å²) >= 11 is 7.73. The number of likely N-dealkylation sites (tertiary alicyclic amines) is 1. The van der Waals surface area contributed by atoms with Gasteiger partial charge in [0, 0.05) is 30.1 Å². The quantitative estimate of drug-likeness (QED) is 0.882. The van der Waals surface area contributed by atoms with Crippen molar-refractivity contribution in [2.24, 2.45) is 0 Å². The third-order valence-corrected chi connectivity index (χ3v) is 5.17.